The molecule has 0 N–H and O–H groups in total. The van der Waals surface area contributed by atoms with Gasteiger partial charge in [-0.15, -0.1) is 0 Å². The number of fused-ring (bicyclic) bond motifs is 1. The highest BCUT2D eigenvalue weighted by Gasteiger charge is 1.99. The number of benzene rings is 1. The molecule has 0 aliphatic heterocycles. The summed E-state index contributed by atoms with van der Waals surface area (Å²) in [5.41, 5.74) is 2.41. The molecule has 2 aromatic rings. The Hall–Kier alpha value is -2.02. The standard InChI is InChI=1S/C16H17N/c1-3-4-7-14(2)10-12-17-13-11-15-8-5-6-9-16(15)17/h3-9,11,13H,1-2,10,12H2. The normalized spacial score (nSPS) is 11.1. The summed E-state index contributed by atoms with van der Waals surface area (Å²) in [5, 5.41) is 1.29. The second-order valence-corrected chi connectivity index (χ2v) is 4.07. The van der Waals surface area contributed by atoms with Gasteiger partial charge in [-0.2, -0.15) is 0 Å². The lowest BCUT2D eigenvalue weighted by atomic mass is 10.2. The molecule has 0 saturated carbocycles. The maximum absolute atomic E-state index is 4.02. The van der Waals surface area contributed by atoms with Gasteiger partial charge in [0.05, 0.1) is 0 Å². The Morgan fingerprint density at radius 1 is 1.24 bits per heavy atom. The first-order chi connectivity index (χ1) is 8.31. The Morgan fingerprint density at radius 3 is 2.88 bits per heavy atom. The molecule has 0 aliphatic rings. The summed E-state index contributed by atoms with van der Waals surface area (Å²) < 4.78 is 2.27. The number of allylic oxidation sites excluding steroid dienone is 4. The van der Waals surface area contributed by atoms with Gasteiger partial charge in [0.1, 0.15) is 0 Å². The monoisotopic (exact) mass is 223 g/mol. The van der Waals surface area contributed by atoms with Crippen LogP contribution in [0.15, 0.2) is 73.5 Å². The van der Waals surface area contributed by atoms with Crippen molar-refractivity contribution in [2.45, 2.75) is 13.0 Å². The van der Waals surface area contributed by atoms with Crippen LogP contribution in [0.4, 0.5) is 0 Å². The summed E-state index contributed by atoms with van der Waals surface area (Å²) >= 11 is 0. The smallest absolute Gasteiger partial charge is 0.0480 e. The first-order valence-electron chi connectivity index (χ1n) is 5.82. The summed E-state index contributed by atoms with van der Waals surface area (Å²) in [6.45, 7) is 8.64. The molecule has 0 spiro atoms. The zero-order chi connectivity index (χ0) is 12.1. The van der Waals surface area contributed by atoms with Crippen molar-refractivity contribution in [3.8, 4) is 0 Å². The van der Waals surface area contributed by atoms with Crippen molar-refractivity contribution in [2.24, 2.45) is 0 Å². The second-order valence-electron chi connectivity index (χ2n) is 4.07. The first kappa shape index (κ1) is 11.5. The van der Waals surface area contributed by atoms with Crippen LogP contribution >= 0.6 is 0 Å². The molecule has 0 aliphatic carbocycles. The average Bonchev–Trinajstić information content (AvgIpc) is 2.77. The Morgan fingerprint density at radius 2 is 2.06 bits per heavy atom. The molecule has 0 bridgehead atoms. The van der Waals surface area contributed by atoms with Crippen molar-refractivity contribution in [3.63, 3.8) is 0 Å². The van der Waals surface area contributed by atoms with Crippen molar-refractivity contribution in [3.05, 3.63) is 73.5 Å². The molecule has 17 heavy (non-hydrogen) atoms. The third kappa shape index (κ3) is 2.76. The number of aromatic nitrogens is 1. The van der Waals surface area contributed by atoms with Crippen LogP contribution in [0.3, 0.4) is 0 Å². The molecule has 2 rings (SSSR count). The molecule has 0 amide bonds. The molecule has 1 nitrogen and oxygen atoms in total. The zero-order valence-electron chi connectivity index (χ0n) is 9.97. The van der Waals surface area contributed by atoms with Gasteiger partial charge < -0.3 is 4.57 Å². The molecule has 0 saturated heterocycles. The van der Waals surface area contributed by atoms with Crippen molar-refractivity contribution in [1.29, 1.82) is 0 Å². The topological polar surface area (TPSA) is 4.93 Å². The lowest BCUT2D eigenvalue weighted by Gasteiger charge is -2.05. The van der Waals surface area contributed by atoms with Crippen molar-refractivity contribution in [2.75, 3.05) is 0 Å². The molecule has 1 heteroatoms. The number of nitrogens with zero attached hydrogens (tertiary/aromatic N) is 1. The van der Waals surface area contributed by atoms with Crippen LogP contribution in [-0.4, -0.2) is 4.57 Å². The van der Waals surface area contributed by atoms with Crippen molar-refractivity contribution < 1.29 is 0 Å². The van der Waals surface area contributed by atoms with Crippen LogP contribution in [0.2, 0.25) is 0 Å². The quantitative estimate of drug-likeness (QED) is 0.665. The van der Waals surface area contributed by atoms with Gasteiger partial charge in [0.15, 0.2) is 0 Å². The molecule has 1 aromatic carbocycles. The second kappa shape index (κ2) is 5.35. The minimum Gasteiger partial charge on any atom is -0.347 e. The maximum Gasteiger partial charge on any atom is 0.0480 e. The maximum atomic E-state index is 4.02. The molecule has 0 atom stereocenters. The Bertz CT molecular complexity index is 558. The predicted molar refractivity (Wildman–Crippen MR) is 75.0 cm³/mol. The number of hydrogen-bond donors (Lipinski definition) is 0. The fourth-order valence-electron chi connectivity index (χ4n) is 1.89. The minimum atomic E-state index is 0.961. The van der Waals surface area contributed by atoms with E-state index in [0.717, 1.165) is 18.5 Å². The Labute approximate surface area is 102 Å². The number of aryl methyl sites for hydroxylation is 1. The lowest BCUT2D eigenvalue weighted by Crippen LogP contribution is -1.96. The summed E-state index contributed by atoms with van der Waals surface area (Å²) in [7, 11) is 0. The van der Waals surface area contributed by atoms with E-state index in [4.69, 9.17) is 0 Å². The summed E-state index contributed by atoms with van der Waals surface area (Å²) in [5.74, 6) is 0. The van der Waals surface area contributed by atoms with E-state index < -0.39 is 0 Å². The SMILES string of the molecule is C=CC=CC(=C)CCn1ccc2ccccc21. The van der Waals surface area contributed by atoms with E-state index in [9.17, 15) is 0 Å². The van der Waals surface area contributed by atoms with Crippen LogP contribution < -0.4 is 0 Å². The Kier molecular flexibility index (Phi) is 3.61. The molecule has 0 fully saturated rings. The third-order valence-corrected chi connectivity index (χ3v) is 2.82. The van der Waals surface area contributed by atoms with Crippen LogP contribution in [0.1, 0.15) is 6.42 Å². The number of para-hydroxylation sites is 1. The van der Waals surface area contributed by atoms with Gasteiger partial charge in [0.2, 0.25) is 0 Å². The fourth-order valence-corrected chi connectivity index (χ4v) is 1.89. The van der Waals surface area contributed by atoms with Crippen LogP contribution in [-0.2, 0) is 6.54 Å². The molecule has 1 aromatic heterocycles. The molecular weight excluding hydrogens is 206 g/mol. The molecule has 0 unspecified atom stereocenters. The zero-order valence-corrected chi connectivity index (χ0v) is 9.97. The van der Waals surface area contributed by atoms with Crippen LogP contribution in [0.5, 0.6) is 0 Å². The van der Waals surface area contributed by atoms with Gasteiger partial charge in [0.25, 0.3) is 0 Å². The molecule has 86 valence electrons. The van der Waals surface area contributed by atoms with E-state index in [1.54, 1.807) is 6.08 Å². The highest BCUT2D eigenvalue weighted by molar-refractivity contribution is 5.79. The largest absolute Gasteiger partial charge is 0.347 e. The van der Waals surface area contributed by atoms with Crippen LogP contribution in [0, 0.1) is 0 Å². The molecule has 1 heterocycles. The lowest BCUT2D eigenvalue weighted by molar-refractivity contribution is 0.726. The number of rotatable bonds is 5. The van der Waals surface area contributed by atoms with Gasteiger partial charge in [-0.25, -0.2) is 0 Å². The van der Waals surface area contributed by atoms with E-state index in [1.807, 2.05) is 12.2 Å². The first-order valence-corrected chi connectivity index (χ1v) is 5.82. The predicted octanol–water partition coefficient (Wildman–Crippen LogP) is 4.33. The van der Waals surface area contributed by atoms with E-state index >= 15 is 0 Å². The molecule has 0 radical (unpaired) electrons. The highest BCUT2D eigenvalue weighted by atomic mass is 14.9. The van der Waals surface area contributed by atoms with E-state index in [2.05, 4.69) is 54.3 Å². The summed E-state index contributed by atoms with van der Waals surface area (Å²) in [6.07, 6.45) is 8.81. The van der Waals surface area contributed by atoms with Gasteiger partial charge in [-0.3, -0.25) is 0 Å². The van der Waals surface area contributed by atoms with Gasteiger partial charge >= 0.3 is 0 Å². The summed E-state index contributed by atoms with van der Waals surface area (Å²) in [4.78, 5) is 0. The molecular formula is C16H17N. The van der Waals surface area contributed by atoms with Gasteiger partial charge in [-0.05, 0) is 23.9 Å². The van der Waals surface area contributed by atoms with Gasteiger partial charge in [-0.1, -0.05) is 55.2 Å². The van der Waals surface area contributed by atoms with Gasteiger partial charge in [0, 0.05) is 18.3 Å². The average molecular weight is 223 g/mol. The third-order valence-electron chi connectivity index (χ3n) is 2.82. The van der Waals surface area contributed by atoms with E-state index in [-0.39, 0.29) is 0 Å². The highest BCUT2D eigenvalue weighted by Crippen LogP contribution is 2.16. The van der Waals surface area contributed by atoms with E-state index in [1.165, 1.54) is 10.9 Å². The summed E-state index contributed by atoms with van der Waals surface area (Å²) in [6, 6.07) is 10.6. The van der Waals surface area contributed by atoms with Crippen molar-refractivity contribution >= 4 is 10.9 Å². The Balaban J connectivity index is 2.06. The fraction of sp³-hybridized carbons (Fsp3) is 0.125. The van der Waals surface area contributed by atoms with E-state index in [0.29, 0.717) is 0 Å². The number of hydrogen-bond acceptors (Lipinski definition) is 0. The van der Waals surface area contributed by atoms with Crippen molar-refractivity contribution in [1.82, 2.24) is 4.57 Å². The minimum absolute atomic E-state index is 0.961. The van der Waals surface area contributed by atoms with Crippen LogP contribution in [0.25, 0.3) is 10.9 Å².